The summed E-state index contributed by atoms with van der Waals surface area (Å²) in [6, 6.07) is 8.17. The van der Waals surface area contributed by atoms with Crippen molar-refractivity contribution in [3.8, 4) is 0 Å². The molecule has 0 unspecified atom stereocenters. The van der Waals surface area contributed by atoms with Crippen LogP contribution in [0.25, 0.3) is 11.0 Å². The number of aromatic amines is 1. The van der Waals surface area contributed by atoms with E-state index in [2.05, 4.69) is 49.9 Å². The smallest absolute Gasteiger partial charge is 0.171 e. The molecule has 1 aromatic carbocycles. The van der Waals surface area contributed by atoms with Crippen LogP contribution < -0.4 is 0 Å². The molecular weight excluding hydrogens is 310 g/mol. The second-order valence-corrected chi connectivity index (χ2v) is 5.86. The molecule has 90 valence electrons. The largest absolute Gasteiger partial charge is 0.333 e. The number of rotatable bonds is 2. The first-order valence-corrected chi connectivity index (χ1v) is 7.07. The summed E-state index contributed by atoms with van der Waals surface area (Å²) in [5.41, 5.74) is 3.30. The maximum Gasteiger partial charge on any atom is 0.171 e. The van der Waals surface area contributed by atoms with Gasteiger partial charge in [-0.1, -0.05) is 17.8 Å². The van der Waals surface area contributed by atoms with Gasteiger partial charge in [-0.15, -0.1) is 0 Å². The van der Waals surface area contributed by atoms with Crippen molar-refractivity contribution in [2.75, 3.05) is 0 Å². The summed E-state index contributed by atoms with van der Waals surface area (Å²) < 4.78 is 0.978. The highest BCUT2D eigenvalue weighted by Gasteiger charge is 2.07. The fourth-order valence-electron chi connectivity index (χ4n) is 1.70. The van der Waals surface area contributed by atoms with Gasteiger partial charge in [0.05, 0.1) is 11.0 Å². The second-order valence-electron chi connectivity index (χ2n) is 3.97. The number of pyridine rings is 1. The fourth-order valence-corrected chi connectivity index (χ4v) is 2.98. The third-order valence-electron chi connectivity index (χ3n) is 2.56. The number of nitrogens with one attached hydrogen (secondary N) is 1. The van der Waals surface area contributed by atoms with E-state index < -0.39 is 0 Å². The quantitative estimate of drug-likeness (QED) is 0.770. The Morgan fingerprint density at radius 3 is 3.00 bits per heavy atom. The third kappa shape index (κ3) is 2.28. The van der Waals surface area contributed by atoms with Crippen LogP contribution in [0.1, 0.15) is 5.56 Å². The van der Waals surface area contributed by atoms with Gasteiger partial charge >= 0.3 is 0 Å². The minimum absolute atomic E-state index is 0.891. The number of fused-ring (bicyclic) bond motifs is 1. The number of aryl methyl sites for hydroxylation is 1. The van der Waals surface area contributed by atoms with Crippen LogP contribution in [-0.4, -0.2) is 15.0 Å². The summed E-state index contributed by atoms with van der Waals surface area (Å²) in [5.74, 6) is 0. The van der Waals surface area contributed by atoms with E-state index in [9.17, 15) is 0 Å². The summed E-state index contributed by atoms with van der Waals surface area (Å²) in [7, 11) is 0. The van der Waals surface area contributed by atoms with Gasteiger partial charge in [0.25, 0.3) is 0 Å². The van der Waals surface area contributed by atoms with Crippen LogP contribution in [0, 0.1) is 6.92 Å². The van der Waals surface area contributed by atoms with E-state index in [0.717, 1.165) is 25.6 Å². The lowest BCUT2D eigenvalue weighted by Gasteiger charge is -1.99. The molecule has 0 radical (unpaired) electrons. The lowest BCUT2D eigenvalue weighted by Crippen LogP contribution is -1.79. The lowest BCUT2D eigenvalue weighted by molar-refractivity contribution is 1.08. The highest BCUT2D eigenvalue weighted by Crippen LogP contribution is 2.32. The molecule has 5 heteroatoms. The molecule has 0 spiro atoms. The molecule has 18 heavy (non-hydrogen) atoms. The molecule has 0 saturated heterocycles. The van der Waals surface area contributed by atoms with Gasteiger partial charge in [0.15, 0.2) is 5.16 Å². The van der Waals surface area contributed by atoms with Gasteiger partial charge in [-0.25, -0.2) is 4.98 Å². The first-order valence-electron chi connectivity index (χ1n) is 5.46. The molecule has 3 rings (SSSR count). The zero-order valence-corrected chi connectivity index (χ0v) is 12.0. The molecule has 0 atom stereocenters. The number of hydrogen-bond acceptors (Lipinski definition) is 3. The molecule has 0 fully saturated rings. The predicted octanol–water partition coefficient (Wildman–Crippen LogP) is 4.18. The normalized spacial score (nSPS) is 11.0. The Morgan fingerprint density at radius 1 is 1.28 bits per heavy atom. The van der Waals surface area contributed by atoms with Crippen molar-refractivity contribution in [2.45, 2.75) is 17.0 Å². The van der Waals surface area contributed by atoms with Crippen molar-refractivity contribution in [2.24, 2.45) is 0 Å². The van der Waals surface area contributed by atoms with Crippen molar-refractivity contribution in [1.82, 2.24) is 15.0 Å². The van der Waals surface area contributed by atoms with Crippen molar-refractivity contribution in [1.29, 1.82) is 0 Å². The predicted molar refractivity (Wildman–Crippen MR) is 76.9 cm³/mol. The molecule has 2 heterocycles. The molecule has 0 aliphatic carbocycles. The molecule has 0 bridgehead atoms. The Morgan fingerprint density at radius 2 is 2.17 bits per heavy atom. The van der Waals surface area contributed by atoms with Crippen molar-refractivity contribution in [3.63, 3.8) is 0 Å². The second kappa shape index (κ2) is 4.74. The van der Waals surface area contributed by atoms with Crippen LogP contribution in [0.3, 0.4) is 0 Å². The van der Waals surface area contributed by atoms with Crippen LogP contribution in [0.2, 0.25) is 0 Å². The Bertz CT molecular complexity index is 708. The maximum absolute atomic E-state index is 4.56. The van der Waals surface area contributed by atoms with E-state index in [1.54, 1.807) is 24.2 Å². The average Bonchev–Trinajstić information content (AvgIpc) is 2.73. The van der Waals surface area contributed by atoms with Gasteiger partial charge in [0.1, 0.15) is 0 Å². The molecule has 3 aromatic rings. The van der Waals surface area contributed by atoms with E-state index in [1.165, 1.54) is 5.56 Å². The number of aromatic nitrogens is 3. The SMILES string of the molecule is Cc1ccc2nc(Sc3ccncc3Br)[nH]c2c1. The van der Waals surface area contributed by atoms with Crippen molar-refractivity contribution >= 4 is 38.7 Å². The van der Waals surface area contributed by atoms with Gasteiger partial charge in [0, 0.05) is 21.8 Å². The fraction of sp³-hybridized carbons (Fsp3) is 0.0769. The van der Waals surface area contributed by atoms with Gasteiger partial charge in [-0.05, 0) is 46.6 Å². The molecule has 0 amide bonds. The van der Waals surface area contributed by atoms with E-state index in [4.69, 9.17) is 0 Å². The topological polar surface area (TPSA) is 41.6 Å². The number of H-pyrrole nitrogens is 1. The summed E-state index contributed by atoms with van der Waals surface area (Å²) >= 11 is 5.08. The highest BCUT2D eigenvalue weighted by atomic mass is 79.9. The van der Waals surface area contributed by atoms with Gasteiger partial charge in [0.2, 0.25) is 0 Å². The molecule has 1 N–H and O–H groups in total. The minimum Gasteiger partial charge on any atom is -0.333 e. The maximum atomic E-state index is 4.56. The Kier molecular flexibility index (Phi) is 3.09. The van der Waals surface area contributed by atoms with Crippen LogP contribution in [0.5, 0.6) is 0 Å². The van der Waals surface area contributed by atoms with E-state index in [0.29, 0.717) is 0 Å². The summed E-state index contributed by atoms with van der Waals surface area (Å²) in [4.78, 5) is 13.0. The van der Waals surface area contributed by atoms with Crippen LogP contribution in [0.15, 0.2) is 51.2 Å². The zero-order valence-electron chi connectivity index (χ0n) is 9.64. The lowest BCUT2D eigenvalue weighted by atomic mass is 10.2. The monoisotopic (exact) mass is 319 g/mol. The summed E-state index contributed by atoms with van der Waals surface area (Å²) in [5, 5.41) is 0.891. The van der Waals surface area contributed by atoms with Crippen LogP contribution in [0.4, 0.5) is 0 Å². The first-order chi connectivity index (χ1) is 8.72. The van der Waals surface area contributed by atoms with Gasteiger partial charge in [-0.3, -0.25) is 4.98 Å². The van der Waals surface area contributed by atoms with Crippen LogP contribution >= 0.6 is 27.7 Å². The van der Waals surface area contributed by atoms with E-state index in [-0.39, 0.29) is 0 Å². The molecule has 0 aliphatic heterocycles. The number of benzene rings is 1. The zero-order chi connectivity index (χ0) is 12.5. The van der Waals surface area contributed by atoms with E-state index in [1.807, 2.05) is 12.1 Å². The number of hydrogen-bond donors (Lipinski definition) is 1. The third-order valence-corrected chi connectivity index (χ3v) is 4.41. The molecular formula is C13H10BrN3S. The summed E-state index contributed by atoms with van der Waals surface area (Å²) in [6.45, 7) is 2.08. The first kappa shape index (κ1) is 11.7. The molecule has 0 saturated carbocycles. The average molecular weight is 320 g/mol. The molecule has 2 aromatic heterocycles. The minimum atomic E-state index is 0.891. The van der Waals surface area contributed by atoms with Gasteiger partial charge in [-0.2, -0.15) is 0 Å². The molecule has 0 aliphatic rings. The Labute approximate surface area is 117 Å². The standard InChI is InChI=1S/C13H10BrN3S/c1-8-2-3-10-11(6-8)17-13(16-10)18-12-4-5-15-7-9(12)14/h2-7H,1H3,(H,16,17). The number of imidazole rings is 1. The molecule has 3 nitrogen and oxygen atoms in total. The summed E-state index contributed by atoms with van der Waals surface area (Å²) in [6.07, 6.45) is 3.56. The van der Waals surface area contributed by atoms with Gasteiger partial charge < -0.3 is 4.98 Å². The van der Waals surface area contributed by atoms with Crippen molar-refractivity contribution in [3.05, 3.63) is 46.7 Å². The van der Waals surface area contributed by atoms with Crippen molar-refractivity contribution < 1.29 is 0 Å². The van der Waals surface area contributed by atoms with Crippen LogP contribution in [-0.2, 0) is 0 Å². The highest BCUT2D eigenvalue weighted by molar-refractivity contribution is 9.10. The number of halogens is 1. The number of nitrogens with zero attached hydrogens (tertiary/aromatic N) is 2. The van der Waals surface area contributed by atoms with E-state index >= 15 is 0 Å². The Balaban J connectivity index is 1.98. The Hall–Kier alpha value is -1.33.